The molecule has 1 heterocycles. The molecule has 130 valence electrons. The van der Waals surface area contributed by atoms with E-state index in [0.29, 0.717) is 13.0 Å². The Morgan fingerprint density at radius 2 is 1.73 bits per heavy atom. The van der Waals surface area contributed by atoms with E-state index in [1.54, 1.807) is 0 Å². The van der Waals surface area contributed by atoms with Crippen LogP contribution in [-0.4, -0.2) is 22.4 Å². The SMILES string of the molecule is CCOC(=O)C1=C(c2ccccc2)c2cnn(-c3ccccc3)c2CC1. The molecule has 0 aliphatic heterocycles. The predicted molar refractivity (Wildman–Crippen MR) is 101 cm³/mol. The largest absolute Gasteiger partial charge is 0.463 e. The fourth-order valence-corrected chi connectivity index (χ4v) is 3.50. The van der Waals surface area contributed by atoms with E-state index in [-0.39, 0.29) is 5.97 Å². The second kappa shape index (κ2) is 7.00. The number of carbonyl (C=O) groups excluding carboxylic acids is 1. The summed E-state index contributed by atoms with van der Waals surface area (Å²) in [7, 11) is 0. The molecule has 0 radical (unpaired) electrons. The van der Waals surface area contributed by atoms with Gasteiger partial charge in [-0.15, -0.1) is 0 Å². The quantitative estimate of drug-likeness (QED) is 0.667. The fourth-order valence-electron chi connectivity index (χ4n) is 3.50. The first-order valence-electron chi connectivity index (χ1n) is 8.88. The van der Waals surface area contributed by atoms with Crippen molar-refractivity contribution in [3.63, 3.8) is 0 Å². The van der Waals surface area contributed by atoms with Gasteiger partial charge in [0.05, 0.1) is 24.2 Å². The Morgan fingerprint density at radius 3 is 2.42 bits per heavy atom. The minimum Gasteiger partial charge on any atom is -0.463 e. The van der Waals surface area contributed by atoms with Gasteiger partial charge in [0.2, 0.25) is 0 Å². The van der Waals surface area contributed by atoms with E-state index in [1.165, 1.54) is 0 Å². The maximum atomic E-state index is 12.6. The maximum absolute atomic E-state index is 12.6. The second-order valence-corrected chi connectivity index (χ2v) is 6.19. The molecule has 4 rings (SSSR count). The molecule has 0 bridgehead atoms. The van der Waals surface area contributed by atoms with Crippen molar-refractivity contribution >= 4 is 11.5 Å². The summed E-state index contributed by atoms with van der Waals surface area (Å²) in [5.41, 5.74) is 5.85. The summed E-state index contributed by atoms with van der Waals surface area (Å²) in [5.74, 6) is -0.232. The van der Waals surface area contributed by atoms with Gasteiger partial charge in [0.1, 0.15) is 0 Å². The van der Waals surface area contributed by atoms with Crippen LogP contribution in [0, 0.1) is 0 Å². The Hall–Kier alpha value is -3.14. The van der Waals surface area contributed by atoms with E-state index in [4.69, 9.17) is 4.74 Å². The smallest absolute Gasteiger partial charge is 0.334 e. The molecule has 3 aromatic rings. The molecule has 0 amide bonds. The van der Waals surface area contributed by atoms with Crippen LogP contribution in [0.15, 0.2) is 72.4 Å². The molecule has 1 aliphatic rings. The maximum Gasteiger partial charge on any atom is 0.334 e. The fraction of sp³-hybridized carbons (Fsp3) is 0.182. The van der Waals surface area contributed by atoms with Crippen LogP contribution in [0.3, 0.4) is 0 Å². The van der Waals surface area contributed by atoms with Crippen molar-refractivity contribution in [2.45, 2.75) is 19.8 Å². The number of hydrogen-bond donors (Lipinski definition) is 0. The number of fused-ring (bicyclic) bond motifs is 1. The number of nitrogens with zero attached hydrogens (tertiary/aromatic N) is 2. The molecule has 0 saturated heterocycles. The van der Waals surface area contributed by atoms with Crippen molar-refractivity contribution in [2.75, 3.05) is 6.61 Å². The molecule has 4 heteroatoms. The first-order chi connectivity index (χ1) is 12.8. The van der Waals surface area contributed by atoms with Crippen LogP contribution in [0.4, 0.5) is 0 Å². The lowest BCUT2D eigenvalue weighted by Crippen LogP contribution is -2.17. The third-order valence-electron chi connectivity index (χ3n) is 4.64. The lowest BCUT2D eigenvalue weighted by Gasteiger charge is -2.21. The summed E-state index contributed by atoms with van der Waals surface area (Å²) in [6.45, 7) is 2.21. The monoisotopic (exact) mass is 344 g/mol. The molecule has 0 atom stereocenters. The van der Waals surface area contributed by atoms with Gasteiger partial charge in [0, 0.05) is 16.7 Å². The second-order valence-electron chi connectivity index (χ2n) is 6.19. The minimum absolute atomic E-state index is 0.232. The highest BCUT2D eigenvalue weighted by molar-refractivity contribution is 6.03. The molecule has 26 heavy (non-hydrogen) atoms. The van der Waals surface area contributed by atoms with Gasteiger partial charge in [-0.1, -0.05) is 48.5 Å². The molecule has 0 fully saturated rings. The summed E-state index contributed by atoms with van der Waals surface area (Å²) in [6.07, 6.45) is 3.27. The predicted octanol–water partition coefficient (Wildman–Crippen LogP) is 4.18. The van der Waals surface area contributed by atoms with Crippen molar-refractivity contribution < 1.29 is 9.53 Å². The zero-order chi connectivity index (χ0) is 17.9. The molecule has 2 aromatic carbocycles. The van der Waals surface area contributed by atoms with Crippen molar-refractivity contribution in [3.05, 3.63) is 89.3 Å². The zero-order valence-corrected chi connectivity index (χ0v) is 14.7. The highest BCUT2D eigenvalue weighted by Crippen LogP contribution is 2.37. The number of esters is 1. The minimum atomic E-state index is -0.232. The number of carbonyl (C=O) groups is 1. The van der Waals surface area contributed by atoms with Gasteiger partial charge in [0.15, 0.2) is 0 Å². The van der Waals surface area contributed by atoms with E-state index in [9.17, 15) is 4.79 Å². The number of hydrogen-bond acceptors (Lipinski definition) is 3. The van der Waals surface area contributed by atoms with Crippen LogP contribution in [0.25, 0.3) is 11.3 Å². The molecule has 4 nitrogen and oxygen atoms in total. The first-order valence-corrected chi connectivity index (χ1v) is 8.88. The average molecular weight is 344 g/mol. The van der Waals surface area contributed by atoms with E-state index in [1.807, 2.05) is 78.5 Å². The van der Waals surface area contributed by atoms with E-state index >= 15 is 0 Å². The molecule has 1 aromatic heterocycles. The molecule has 0 saturated carbocycles. The van der Waals surface area contributed by atoms with Crippen molar-refractivity contribution in [1.29, 1.82) is 0 Å². The van der Waals surface area contributed by atoms with Gasteiger partial charge in [-0.05, 0) is 37.5 Å². The van der Waals surface area contributed by atoms with Gasteiger partial charge in [0.25, 0.3) is 0 Å². The Kier molecular flexibility index (Phi) is 4.40. The molecule has 0 spiro atoms. The van der Waals surface area contributed by atoms with Gasteiger partial charge in [-0.3, -0.25) is 0 Å². The lowest BCUT2D eigenvalue weighted by molar-refractivity contribution is -0.138. The summed E-state index contributed by atoms with van der Waals surface area (Å²) in [4.78, 5) is 12.6. The Labute approximate surface area is 152 Å². The number of ether oxygens (including phenoxy) is 1. The van der Waals surface area contributed by atoms with E-state index in [0.717, 1.165) is 40.1 Å². The molecule has 0 N–H and O–H groups in total. The Bertz CT molecular complexity index is 956. The highest BCUT2D eigenvalue weighted by atomic mass is 16.5. The van der Waals surface area contributed by atoms with Crippen LogP contribution in [-0.2, 0) is 16.0 Å². The van der Waals surface area contributed by atoms with E-state index in [2.05, 4.69) is 5.10 Å². The molecular formula is C22H20N2O2. The van der Waals surface area contributed by atoms with Crippen molar-refractivity contribution in [3.8, 4) is 5.69 Å². The highest BCUT2D eigenvalue weighted by Gasteiger charge is 2.28. The Morgan fingerprint density at radius 1 is 1.04 bits per heavy atom. The van der Waals surface area contributed by atoms with Crippen LogP contribution in [0.5, 0.6) is 0 Å². The van der Waals surface area contributed by atoms with Crippen molar-refractivity contribution in [1.82, 2.24) is 9.78 Å². The summed E-state index contributed by atoms with van der Waals surface area (Å²) in [5, 5.41) is 4.61. The normalized spacial score (nSPS) is 13.4. The summed E-state index contributed by atoms with van der Waals surface area (Å²) in [6, 6.07) is 20.1. The third-order valence-corrected chi connectivity index (χ3v) is 4.64. The van der Waals surface area contributed by atoms with Crippen LogP contribution < -0.4 is 0 Å². The van der Waals surface area contributed by atoms with Crippen molar-refractivity contribution in [2.24, 2.45) is 0 Å². The molecular weight excluding hydrogens is 324 g/mol. The van der Waals surface area contributed by atoms with E-state index < -0.39 is 0 Å². The topological polar surface area (TPSA) is 44.1 Å². The standard InChI is InChI=1S/C22H20N2O2/c1-2-26-22(25)18-13-14-20-19(21(18)16-9-5-3-6-10-16)15-23-24(20)17-11-7-4-8-12-17/h3-12,15H,2,13-14H2,1H3. The van der Waals surface area contributed by atoms with Gasteiger partial charge < -0.3 is 4.74 Å². The van der Waals surface area contributed by atoms with Crippen LogP contribution in [0.1, 0.15) is 30.2 Å². The van der Waals surface area contributed by atoms with Gasteiger partial charge >= 0.3 is 5.97 Å². The first kappa shape index (κ1) is 16.3. The molecule has 1 aliphatic carbocycles. The van der Waals surface area contributed by atoms with Crippen LogP contribution in [0.2, 0.25) is 0 Å². The Balaban J connectivity index is 1.89. The number of benzene rings is 2. The average Bonchev–Trinajstić information content (AvgIpc) is 3.13. The van der Waals surface area contributed by atoms with Gasteiger partial charge in [-0.2, -0.15) is 5.10 Å². The number of aromatic nitrogens is 2. The number of rotatable bonds is 4. The summed E-state index contributed by atoms with van der Waals surface area (Å²) < 4.78 is 7.29. The lowest BCUT2D eigenvalue weighted by atomic mass is 9.85. The van der Waals surface area contributed by atoms with Crippen LogP contribution >= 0.6 is 0 Å². The van der Waals surface area contributed by atoms with Gasteiger partial charge in [-0.25, -0.2) is 9.48 Å². The third kappa shape index (κ3) is 2.84. The summed E-state index contributed by atoms with van der Waals surface area (Å²) >= 11 is 0. The number of para-hydroxylation sites is 1. The molecule has 0 unspecified atom stereocenters. The zero-order valence-electron chi connectivity index (χ0n) is 14.7.